The number of rotatable bonds is 3. The van der Waals surface area contributed by atoms with Gasteiger partial charge < -0.3 is 9.63 Å². The van der Waals surface area contributed by atoms with Crippen molar-refractivity contribution >= 4 is 5.69 Å². The molecule has 0 fully saturated rings. The Kier molecular flexibility index (Phi) is 3.07. The third-order valence-corrected chi connectivity index (χ3v) is 2.47. The second-order valence-corrected chi connectivity index (χ2v) is 3.89. The molecular weight excluding hydrogens is 238 g/mol. The molecule has 0 aliphatic carbocycles. The number of aliphatic hydroxyl groups is 1. The highest BCUT2D eigenvalue weighted by molar-refractivity contribution is 5.59. The zero-order valence-electron chi connectivity index (χ0n) is 9.82. The Labute approximate surface area is 102 Å². The van der Waals surface area contributed by atoms with E-state index >= 15 is 0 Å². The van der Waals surface area contributed by atoms with E-state index in [1.54, 1.807) is 19.1 Å². The average molecular weight is 249 g/mol. The lowest BCUT2D eigenvalue weighted by atomic mass is 10.1. The maximum Gasteiger partial charge on any atom is 0.273 e. The molecule has 1 unspecified atom stereocenters. The quantitative estimate of drug-likeness (QED) is 0.659. The van der Waals surface area contributed by atoms with Crippen LogP contribution in [0.1, 0.15) is 24.4 Å². The van der Waals surface area contributed by atoms with E-state index in [0.717, 1.165) is 0 Å². The molecule has 7 nitrogen and oxygen atoms in total. The van der Waals surface area contributed by atoms with E-state index in [1.165, 1.54) is 13.0 Å². The minimum absolute atomic E-state index is 0.00991. The van der Waals surface area contributed by atoms with Crippen LogP contribution in [0.5, 0.6) is 0 Å². The van der Waals surface area contributed by atoms with Crippen molar-refractivity contribution in [1.82, 2.24) is 10.1 Å². The van der Waals surface area contributed by atoms with Gasteiger partial charge in [-0.25, -0.2) is 0 Å². The topological polar surface area (TPSA) is 102 Å². The molecule has 1 aromatic carbocycles. The molecule has 94 valence electrons. The van der Waals surface area contributed by atoms with Crippen molar-refractivity contribution in [2.24, 2.45) is 0 Å². The lowest BCUT2D eigenvalue weighted by molar-refractivity contribution is -0.385. The van der Waals surface area contributed by atoms with Crippen LogP contribution < -0.4 is 0 Å². The highest BCUT2D eigenvalue weighted by Gasteiger charge is 2.17. The molecule has 18 heavy (non-hydrogen) atoms. The maximum atomic E-state index is 10.8. The minimum atomic E-state index is -0.845. The molecule has 0 saturated carbocycles. The summed E-state index contributed by atoms with van der Waals surface area (Å²) in [5.74, 6) is 0.294. The Morgan fingerprint density at radius 1 is 1.50 bits per heavy atom. The van der Waals surface area contributed by atoms with Crippen molar-refractivity contribution in [2.75, 3.05) is 0 Å². The molecule has 0 aliphatic rings. The summed E-state index contributed by atoms with van der Waals surface area (Å²) >= 11 is 0. The van der Waals surface area contributed by atoms with Gasteiger partial charge in [0.1, 0.15) is 6.10 Å². The zero-order valence-corrected chi connectivity index (χ0v) is 9.82. The highest BCUT2D eigenvalue weighted by atomic mass is 16.6. The van der Waals surface area contributed by atoms with Gasteiger partial charge in [0.15, 0.2) is 5.82 Å². The molecule has 0 spiro atoms. The molecule has 1 N–H and O–H groups in total. The SMILES string of the molecule is Cc1ccc(-c2nc(C(C)O)no2)cc1[N+](=O)[O-]. The number of aryl methyl sites for hydroxylation is 1. The van der Waals surface area contributed by atoms with Crippen molar-refractivity contribution in [3.63, 3.8) is 0 Å². The number of hydrogen-bond acceptors (Lipinski definition) is 6. The van der Waals surface area contributed by atoms with Crippen LogP contribution in [-0.4, -0.2) is 20.2 Å². The molecular formula is C11H11N3O4. The summed E-state index contributed by atoms with van der Waals surface area (Å²) in [7, 11) is 0. The van der Waals surface area contributed by atoms with Crippen molar-refractivity contribution in [1.29, 1.82) is 0 Å². The maximum absolute atomic E-state index is 10.8. The number of benzene rings is 1. The number of nitro benzene ring substituents is 1. The predicted molar refractivity (Wildman–Crippen MR) is 61.8 cm³/mol. The molecule has 1 atom stereocenters. The first-order valence-electron chi connectivity index (χ1n) is 5.26. The van der Waals surface area contributed by atoms with E-state index in [-0.39, 0.29) is 17.4 Å². The molecule has 1 heterocycles. The average Bonchev–Trinajstić information content (AvgIpc) is 2.78. The van der Waals surface area contributed by atoms with E-state index in [0.29, 0.717) is 11.1 Å². The monoisotopic (exact) mass is 249 g/mol. The van der Waals surface area contributed by atoms with Crippen LogP contribution in [0.2, 0.25) is 0 Å². The van der Waals surface area contributed by atoms with Gasteiger partial charge in [0.05, 0.1) is 4.92 Å². The Morgan fingerprint density at radius 3 is 2.78 bits per heavy atom. The van der Waals surface area contributed by atoms with Crippen LogP contribution in [0.3, 0.4) is 0 Å². The van der Waals surface area contributed by atoms with Gasteiger partial charge in [-0.15, -0.1) is 0 Å². The van der Waals surface area contributed by atoms with Crippen molar-refractivity contribution in [2.45, 2.75) is 20.0 Å². The molecule has 0 bridgehead atoms. The summed E-state index contributed by atoms with van der Waals surface area (Å²) < 4.78 is 4.94. The van der Waals surface area contributed by atoms with Crippen molar-refractivity contribution in [3.05, 3.63) is 39.7 Å². The van der Waals surface area contributed by atoms with Crippen LogP contribution in [0.4, 0.5) is 5.69 Å². The lowest BCUT2D eigenvalue weighted by Crippen LogP contribution is -1.94. The molecule has 2 rings (SSSR count). The van der Waals surface area contributed by atoms with Crippen LogP contribution in [0, 0.1) is 17.0 Å². The lowest BCUT2D eigenvalue weighted by Gasteiger charge is -1.98. The Morgan fingerprint density at radius 2 is 2.22 bits per heavy atom. The summed E-state index contributed by atoms with van der Waals surface area (Å²) in [6, 6.07) is 4.63. The van der Waals surface area contributed by atoms with Crippen molar-refractivity contribution in [3.8, 4) is 11.5 Å². The standard InChI is InChI=1S/C11H11N3O4/c1-6-3-4-8(5-9(6)14(16)17)11-12-10(7(2)15)13-18-11/h3-5,7,15H,1-2H3. The van der Waals surface area contributed by atoms with E-state index < -0.39 is 11.0 Å². The molecule has 0 radical (unpaired) electrons. The number of hydrogen-bond donors (Lipinski definition) is 1. The van der Waals surface area contributed by atoms with E-state index in [2.05, 4.69) is 10.1 Å². The van der Waals surface area contributed by atoms with Crippen LogP contribution in [0.15, 0.2) is 22.7 Å². The first-order valence-corrected chi connectivity index (χ1v) is 5.26. The predicted octanol–water partition coefficient (Wildman–Crippen LogP) is 2.01. The van der Waals surface area contributed by atoms with Gasteiger partial charge in [0.25, 0.3) is 11.6 Å². The van der Waals surface area contributed by atoms with Crippen LogP contribution in [-0.2, 0) is 0 Å². The molecule has 0 aliphatic heterocycles. The van der Waals surface area contributed by atoms with Gasteiger partial charge in [-0.3, -0.25) is 10.1 Å². The smallest absolute Gasteiger partial charge is 0.273 e. The van der Waals surface area contributed by atoms with Gasteiger partial charge in [-0.2, -0.15) is 4.98 Å². The molecule has 0 saturated heterocycles. The summed E-state index contributed by atoms with van der Waals surface area (Å²) in [6.45, 7) is 3.16. The Bertz CT molecular complexity index is 592. The summed E-state index contributed by atoms with van der Waals surface area (Å²) in [5, 5.41) is 23.7. The number of aromatic nitrogens is 2. The molecule has 0 amide bonds. The van der Waals surface area contributed by atoms with Gasteiger partial charge in [0, 0.05) is 17.2 Å². The largest absolute Gasteiger partial charge is 0.385 e. The first-order chi connectivity index (χ1) is 8.49. The van der Waals surface area contributed by atoms with E-state index in [9.17, 15) is 15.2 Å². The second-order valence-electron chi connectivity index (χ2n) is 3.89. The van der Waals surface area contributed by atoms with E-state index in [1.807, 2.05) is 0 Å². The van der Waals surface area contributed by atoms with Gasteiger partial charge >= 0.3 is 0 Å². The Hall–Kier alpha value is -2.28. The van der Waals surface area contributed by atoms with Gasteiger partial charge in [0.2, 0.25) is 0 Å². The summed E-state index contributed by atoms with van der Waals surface area (Å²) in [4.78, 5) is 14.3. The van der Waals surface area contributed by atoms with Crippen molar-refractivity contribution < 1.29 is 14.6 Å². The minimum Gasteiger partial charge on any atom is -0.385 e. The molecule has 7 heteroatoms. The van der Waals surface area contributed by atoms with Gasteiger partial charge in [-0.05, 0) is 19.9 Å². The Balaban J connectivity index is 2.44. The van der Waals surface area contributed by atoms with Crippen LogP contribution in [0.25, 0.3) is 11.5 Å². The van der Waals surface area contributed by atoms with Gasteiger partial charge in [-0.1, -0.05) is 11.2 Å². The fourth-order valence-corrected chi connectivity index (χ4v) is 1.46. The number of nitrogens with zero attached hydrogens (tertiary/aromatic N) is 3. The number of nitro groups is 1. The summed E-state index contributed by atoms with van der Waals surface area (Å²) in [6.07, 6.45) is -0.845. The molecule has 2 aromatic rings. The van der Waals surface area contributed by atoms with E-state index in [4.69, 9.17) is 4.52 Å². The first kappa shape index (κ1) is 12.2. The third-order valence-electron chi connectivity index (χ3n) is 2.47. The highest BCUT2D eigenvalue weighted by Crippen LogP contribution is 2.26. The summed E-state index contributed by atoms with van der Waals surface area (Å²) in [5.41, 5.74) is 0.995. The fraction of sp³-hybridized carbons (Fsp3) is 0.273. The third kappa shape index (κ3) is 2.21. The second kappa shape index (κ2) is 4.53. The zero-order chi connectivity index (χ0) is 13.3. The normalized spacial score (nSPS) is 12.4. The fourth-order valence-electron chi connectivity index (χ4n) is 1.46. The van der Waals surface area contributed by atoms with Crippen LogP contribution >= 0.6 is 0 Å². The number of aliphatic hydroxyl groups excluding tert-OH is 1. The molecule has 1 aromatic heterocycles.